The first-order valence-electron chi connectivity index (χ1n) is 8.43. The Bertz CT molecular complexity index is 1110. The number of aromatic amines is 1. The van der Waals surface area contributed by atoms with Gasteiger partial charge in [0.1, 0.15) is 11.6 Å². The molecular formula is C16H20N8O. The van der Waals surface area contributed by atoms with Gasteiger partial charge in [-0.3, -0.25) is 14.0 Å². The molecule has 9 heteroatoms. The second-order valence-corrected chi connectivity index (χ2v) is 6.23. The van der Waals surface area contributed by atoms with Gasteiger partial charge in [-0.2, -0.15) is 5.10 Å². The first-order chi connectivity index (χ1) is 12.1. The Balaban J connectivity index is 1.98. The fourth-order valence-electron chi connectivity index (χ4n) is 3.08. The van der Waals surface area contributed by atoms with E-state index in [4.69, 9.17) is 0 Å². The summed E-state index contributed by atoms with van der Waals surface area (Å²) in [7, 11) is 1.85. The summed E-state index contributed by atoms with van der Waals surface area (Å²) in [6, 6.07) is 0. The van der Waals surface area contributed by atoms with E-state index in [-0.39, 0.29) is 5.56 Å². The predicted molar refractivity (Wildman–Crippen MR) is 93.4 cm³/mol. The Morgan fingerprint density at radius 2 is 2.08 bits per heavy atom. The highest BCUT2D eigenvalue weighted by Crippen LogP contribution is 2.20. The Morgan fingerprint density at radius 1 is 1.24 bits per heavy atom. The maximum atomic E-state index is 12.9. The Kier molecular flexibility index (Phi) is 3.63. The van der Waals surface area contributed by atoms with Crippen molar-refractivity contribution in [2.45, 2.75) is 39.7 Å². The first kappa shape index (κ1) is 15.6. The molecule has 0 amide bonds. The quantitative estimate of drug-likeness (QED) is 0.557. The summed E-state index contributed by atoms with van der Waals surface area (Å²) in [6.07, 6.45) is 6.80. The number of fused-ring (bicyclic) bond motifs is 2. The lowest BCUT2D eigenvalue weighted by atomic mass is 10.2. The van der Waals surface area contributed by atoms with Crippen molar-refractivity contribution in [2.24, 2.45) is 7.05 Å². The van der Waals surface area contributed by atoms with Crippen LogP contribution in [0.25, 0.3) is 28.3 Å². The first-order valence-corrected chi connectivity index (χ1v) is 8.43. The summed E-state index contributed by atoms with van der Waals surface area (Å²) in [5, 5.41) is 12.4. The molecule has 0 bridgehead atoms. The van der Waals surface area contributed by atoms with Gasteiger partial charge in [-0.25, -0.2) is 9.38 Å². The average molecular weight is 340 g/mol. The third-order valence-corrected chi connectivity index (χ3v) is 4.37. The molecule has 0 aromatic carbocycles. The monoisotopic (exact) mass is 340 g/mol. The zero-order valence-corrected chi connectivity index (χ0v) is 14.5. The van der Waals surface area contributed by atoms with Gasteiger partial charge in [0.15, 0.2) is 11.2 Å². The van der Waals surface area contributed by atoms with Crippen LogP contribution in [-0.4, -0.2) is 38.9 Å². The summed E-state index contributed by atoms with van der Waals surface area (Å²) in [4.78, 5) is 20.7. The van der Waals surface area contributed by atoms with Crippen LogP contribution in [0, 0.1) is 6.92 Å². The lowest BCUT2D eigenvalue weighted by Gasteiger charge is -2.08. The molecule has 0 unspecified atom stereocenters. The molecule has 9 nitrogen and oxygen atoms in total. The average Bonchev–Trinajstić information content (AvgIpc) is 3.29. The molecule has 0 aliphatic heterocycles. The van der Waals surface area contributed by atoms with Crippen LogP contribution in [0.2, 0.25) is 0 Å². The third-order valence-electron chi connectivity index (χ3n) is 4.37. The molecule has 0 atom stereocenters. The van der Waals surface area contributed by atoms with Crippen LogP contribution in [0.1, 0.15) is 32.0 Å². The number of hydrogen-bond donors (Lipinski definition) is 1. The van der Waals surface area contributed by atoms with Gasteiger partial charge >= 0.3 is 0 Å². The molecule has 25 heavy (non-hydrogen) atoms. The van der Waals surface area contributed by atoms with Crippen molar-refractivity contribution >= 4 is 16.9 Å². The van der Waals surface area contributed by atoms with Crippen LogP contribution in [0.4, 0.5) is 0 Å². The Labute approximate surface area is 143 Å². The highest BCUT2D eigenvalue weighted by molar-refractivity contribution is 5.77. The van der Waals surface area contributed by atoms with Crippen LogP contribution in [0.15, 0.2) is 17.2 Å². The van der Waals surface area contributed by atoms with Crippen LogP contribution in [-0.2, 0) is 13.6 Å². The minimum atomic E-state index is -0.179. The lowest BCUT2D eigenvalue weighted by molar-refractivity contribution is 0.612. The van der Waals surface area contributed by atoms with Crippen molar-refractivity contribution in [3.8, 4) is 11.4 Å². The van der Waals surface area contributed by atoms with E-state index in [0.29, 0.717) is 28.6 Å². The molecule has 4 rings (SSSR count). The topological polar surface area (TPSA) is 98.7 Å². The van der Waals surface area contributed by atoms with Crippen molar-refractivity contribution in [2.75, 3.05) is 0 Å². The van der Waals surface area contributed by atoms with Crippen LogP contribution >= 0.6 is 0 Å². The number of aryl methyl sites for hydroxylation is 3. The fourth-order valence-corrected chi connectivity index (χ4v) is 3.08. The largest absolute Gasteiger partial charge is 0.332 e. The SMILES string of the molecule is CCCCCn1c2nc(-c3cnn(C)c3)[nH]c2c(=O)n2c(C)nnc12. The number of unbranched alkanes of at least 4 members (excludes halogenated alkanes) is 2. The van der Waals surface area contributed by atoms with Gasteiger partial charge in [-0.15, -0.1) is 10.2 Å². The minimum Gasteiger partial charge on any atom is -0.332 e. The summed E-state index contributed by atoms with van der Waals surface area (Å²) < 4.78 is 5.22. The summed E-state index contributed by atoms with van der Waals surface area (Å²) >= 11 is 0. The maximum absolute atomic E-state index is 12.9. The van der Waals surface area contributed by atoms with E-state index in [1.165, 1.54) is 0 Å². The summed E-state index contributed by atoms with van der Waals surface area (Å²) in [5.41, 5.74) is 1.73. The third kappa shape index (κ3) is 2.43. The van der Waals surface area contributed by atoms with E-state index < -0.39 is 0 Å². The molecule has 0 radical (unpaired) electrons. The van der Waals surface area contributed by atoms with Crippen molar-refractivity contribution in [3.63, 3.8) is 0 Å². The van der Waals surface area contributed by atoms with Crippen molar-refractivity contribution in [1.82, 2.24) is 38.9 Å². The zero-order chi connectivity index (χ0) is 17.6. The van der Waals surface area contributed by atoms with E-state index in [1.807, 2.05) is 17.8 Å². The molecule has 0 saturated carbocycles. The number of imidazole rings is 1. The molecule has 0 fully saturated rings. The molecule has 0 saturated heterocycles. The highest BCUT2D eigenvalue weighted by atomic mass is 16.1. The van der Waals surface area contributed by atoms with Gasteiger partial charge in [0.2, 0.25) is 5.78 Å². The standard InChI is InChI=1S/C16H20N8O/c1-4-5-6-7-23-14-12(15(25)24-10(2)20-21-16(23)24)18-13(19-14)11-8-17-22(3)9-11/h8-9H,4-7H2,1-3H3,(H,18,19). The van der Waals surface area contributed by atoms with Gasteiger partial charge in [0, 0.05) is 19.8 Å². The second-order valence-electron chi connectivity index (χ2n) is 6.23. The highest BCUT2D eigenvalue weighted by Gasteiger charge is 2.19. The Hall–Kier alpha value is -2.97. The Morgan fingerprint density at radius 3 is 2.80 bits per heavy atom. The van der Waals surface area contributed by atoms with Crippen molar-refractivity contribution in [3.05, 3.63) is 28.6 Å². The predicted octanol–water partition coefficient (Wildman–Crippen LogP) is 1.67. The van der Waals surface area contributed by atoms with Crippen LogP contribution in [0.3, 0.4) is 0 Å². The van der Waals surface area contributed by atoms with E-state index >= 15 is 0 Å². The number of H-pyrrole nitrogens is 1. The fraction of sp³-hybridized carbons (Fsp3) is 0.438. The molecule has 4 aromatic heterocycles. The van der Waals surface area contributed by atoms with Crippen molar-refractivity contribution < 1.29 is 0 Å². The smallest absolute Gasteiger partial charge is 0.286 e. The molecule has 4 heterocycles. The molecule has 0 spiro atoms. The molecular weight excluding hydrogens is 320 g/mol. The van der Waals surface area contributed by atoms with Gasteiger partial charge in [0.25, 0.3) is 5.56 Å². The van der Waals surface area contributed by atoms with E-state index in [0.717, 1.165) is 31.4 Å². The molecule has 0 aliphatic rings. The van der Waals surface area contributed by atoms with Gasteiger partial charge in [0.05, 0.1) is 11.8 Å². The van der Waals surface area contributed by atoms with Crippen molar-refractivity contribution in [1.29, 1.82) is 0 Å². The number of hydrogen-bond acceptors (Lipinski definition) is 5. The van der Waals surface area contributed by atoms with E-state index in [2.05, 4.69) is 32.2 Å². The number of rotatable bonds is 5. The summed E-state index contributed by atoms with van der Waals surface area (Å²) in [6.45, 7) is 4.68. The molecule has 130 valence electrons. The van der Waals surface area contributed by atoms with Crippen LogP contribution < -0.4 is 5.56 Å². The normalized spacial score (nSPS) is 11.8. The number of nitrogens with one attached hydrogen (secondary N) is 1. The molecule has 0 aliphatic carbocycles. The number of nitrogens with zero attached hydrogens (tertiary/aromatic N) is 7. The van der Waals surface area contributed by atoms with Gasteiger partial charge in [-0.1, -0.05) is 19.8 Å². The lowest BCUT2D eigenvalue weighted by Crippen LogP contribution is -2.20. The van der Waals surface area contributed by atoms with Gasteiger partial charge < -0.3 is 4.98 Å². The van der Waals surface area contributed by atoms with E-state index in [1.54, 1.807) is 22.2 Å². The molecule has 4 aromatic rings. The van der Waals surface area contributed by atoms with Gasteiger partial charge in [-0.05, 0) is 13.3 Å². The maximum Gasteiger partial charge on any atom is 0.286 e. The second kappa shape index (κ2) is 5.83. The van der Waals surface area contributed by atoms with Crippen LogP contribution in [0.5, 0.6) is 0 Å². The summed E-state index contributed by atoms with van der Waals surface area (Å²) in [5.74, 6) is 1.74. The van der Waals surface area contributed by atoms with E-state index in [9.17, 15) is 4.79 Å². The zero-order valence-electron chi connectivity index (χ0n) is 14.5. The molecule has 1 N–H and O–H groups in total. The number of aromatic nitrogens is 8. The minimum absolute atomic E-state index is 0.179.